The highest BCUT2D eigenvalue weighted by atomic mass is 32.3. The van der Waals surface area contributed by atoms with E-state index in [2.05, 4.69) is 20.1 Å². The second kappa shape index (κ2) is 36.2. The zero-order valence-electron chi connectivity index (χ0n) is 54.2. The van der Waals surface area contributed by atoms with E-state index >= 15 is 0 Å². The number of aliphatic hydroxyl groups excluding tert-OH is 22. The smallest absolute Gasteiger partial charge is 0.394 e. The van der Waals surface area contributed by atoms with Crippen molar-refractivity contribution in [1.29, 1.82) is 0 Å². The Hall–Kier alpha value is -3.69. The minimum absolute atomic E-state index is 0.762. The molecule has 8 aliphatic rings. The SMILES string of the molecule is CC(=O)N[C@@H]1[C@@H](O)[C@H](O[C@@H]2O[C@H](CO)[C@@H](O[C@@H]3O[C@H](CO[C@H]4O[C@H](CO)[C@@H](O)[C@H](O)[C@@H]4O)[C@@H](O)[C@H](O[C@H]4O[C@H](CO)[C@@H](O[C@@H]5O[C@H](CO)[C@@H](O[C@@H]6O[C@H](CO)[C@H](O)[C@H](O[C@@H]7O[C@H](C(=O)OS(=O)(=O)O)[C@@H](O)[C@H](O)[C@H]7O)[C@H]6O)[C@H](O)[C@H]5NC(C)=O)[C@H](O)[C@@H]4O)[C@@H]3O)[C@H](O)[C@H]2NC(C)=O)[C@@H](CO)O[C@H]1O. The fraction of sp³-hybridized carbons (Fsp3) is 0.926. The van der Waals surface area contributed by atoms with Gasteiger partial charge in [0.25, 0.3) is 0 Å². The van der Waals surface area contributed by atoms with Crippen molar-refractivity contribution in [2.45, 2.75) is 266 Å². The van der Waals surface area contributed by atoms with Gasteiger partial charge in [-0.25, -0.2) is 4.79 Å². The molecule has 0 bridgehead atoms. The Morgan fingerprint density at radius 2 is 0.631 bits per heavy atom. The lowest BCUT2D eigenvalue weighted by Crippen LogP contribution is -2.70. The van der Waals surface area contributed by atoms with Gasteiger partial charge in [0.15, 0.2) is 56.4 Å². The number of aliphatic hydroxyl groups is 22. The first-order chi connectivity index (χ1) is 48.4. The fourth-order valence-electron chi connectivity index (χ4n) is 12.7. The third-order valence-electron chi connectivity index (χ3n) is 18.0. The van der Waals surface area contributed by atoms with E-state index in [1.165, 1.54) is 0 Å². The van der Waals surface area contributed by atoms with E-state index in [4.69, 9.17) is 75.6 Å². The van der Waals surface area contributed by atoms with Crippen LogP contribution in [-0.2, 0) is 105 Å². The highest BCUT2D eigenvalue weighted by Crippen LogP contribution is 2.39. The second-order valence-electron chi connectivity index (χ2n) is 25.1. The van der Waals surface area contributed by atoms with E-state index in [0.717, 1.165) is 20.8 Å². The molecule has 26 N–H and O–H groups in total. The molecule has 3 amide bonds. The van der Waals surface area contributed by atoms with Gasteiger partial charge in [-0.15, -0.1) is 0 Å². The van der Waals surface area contributed by atoms with Gasteiger partial charge in [0.05, 0.1) is 46.2 Å². The van der Waals surface area contributed by atoms with Crippen molar-refractivity contribution in [1.82, 2.24) is 16.0 Å². The largest absolute Gasteiger partial charge is 0.449 e. The van der Waals surface area contributed by atoms with Crippen LogP contribution in [0.1, 0.15) is 20.8 Å². The third-order valence-corrected chi connectivity index (χ3v) is 18.4. The standard InChI is InChI=1S/C54H89N3O45S/c1-11(64)55-21-27(70)39(16(6-60)88-46(21)82)95-48-22(56-12(2)65)28(71)41(18(8-62)91-48)98-54-38(81)44(26(69)20(94-54)10-87-50-34(77)30(73)24(67)14(4-58)89-50)99-51-36(79)33(76)42(19(9-63)93-51)96-49-23(57-13(3)66)29(72)40(17(7-61)92-49)97-53-37(80)43(25(68)15(5-59)90-53)100-52-35(78)31(74)32(75)45(101-52)47(83)102-103(84,85)86/h14-46,48-54,58-63,67-82H,4-10H2,1-3H3,(H,55,64)(H,56,65)(H,57,66)(H,84,85,86)/t14-,15-,16-,17-,18-,19-,20-,21-,22-,23-,24-,25+,26-,27-,28-,29-,30+,31+,32+,33-,34+,35-,36+,37-,38+,39-,40-,41-,42-,43+,44+,45+,46-,48+,49+,50+,51-,52-,53+,54+/m1/s1. The Morgan fingerprint density at radius 3 is 1.08 bits per heavy atom. The maximum atomic E-state index is 12.8. The van der Waals surface area contributed by atoms with Crippen LogP contribution in [0.5, 0.6) is 0 Å². The zero-order valence-corrected chi connectivity index (χ0v) is 55.0. The normalized spacial score (nSPS) is 47.8. The monoisotopic (exact) mass is 1530 g/mol. The number of amides is 3. The quantitative estimate of drug-likeness (QED) is 0.0358. The number of nitrogens with one attached hydrogen (secondary N) is 3. The topological polar surface area (TPSA) is 751 Å². The molecule has 0 spiro atoms. The van der Waals surface area contributed by atoms with Crippen LogP contribution >= 0.6 is 0 Å². The second-order valence-corrected chi connectivity index (χ2v) is 26.2. The van der Waals surface area contributed by atoms with Gasteiger partial charge in [0.2, 0.25) is 17.7 Å². The Labute approximate surface area is 580 Å². The summed E-state index contributed by atoms with van der Waals surface area (Å²) in [6.07, 6.45) is -78.8. The Kier molecular flexibility index (Phi) is 29.9. The summed E-state index contributed by atoms with van der Waals surface area (Å²) < 4.78 is 121. The predicted molar refractivity (Wildman–Crippen MR) is 310 cm³/mol. The van der Waals surface area contributed by atoms with Crippen molar-refractivity contribution in [3.05, 3.63) is 0 Å². The molecule has 49 heteroatoms. The predicted octanol–water partition coefficient (Wildman–Crippen LogP) is -18.7. The van der Waals surface area contributed by atoms with Crippen LogP contribution in [0.2, 0.25) is 0 Å². The van der Waals surface area contributed by atoms with Crippen LogP contribution in [0.4, 0.5) is 0 Å². The summed E-state index contributed by atoms with van der Waals surface area (Å²) in [5.41, 5.74) is 0. The van der Waals surface area contributed by atoms with Gasteiger partial charge in [0.1, 0.15) is 189 Å². The number of carbonyl (C=O) groups is 4. The van der Waals surface area contributed by atoms with Gasteiger partial charge in [-0.05, 0) is 0 Å². The molecule has 8 saturated heterocycles. The van der Waals surface area contributed by atoms with Gasteiger partial charge in [-0.3, -0.25) is 18.9 Å². The highest BCUT2D eigenvalue weighted by Gasteiger charge is 2.60. The van der Waals surface area contributed by atoms with Crippen molar-refractivity contribution < 1.29 is 220 Å². The zero-order chi connectivity index (χ0) is 76.3. The van der Waals surface area contributed by atoms with Gasteiger partial charge in [0, 0.05) is 20.8 Å². The summed E-state index contributed by atoms with van der Waals surface area (Å²) in [5, 5.41) is 249. The Morgan fingerprint density at radius 1 is 0.320 bits per heavy atom. The van der Waals surface area contributed by atoms with Crippen LogP contribution in [0.3, 0.4) is 0 Å². The summed E-state index contributed by atoms with van der Waals surface area (Å²) >= 11 is 0. The molecule has 0 saturated carbocycles. The van der Waals surface area contributed by atoms with Crippen molar-refractivity contribution >= 4 is 34.1 Å². The summed E-state index contributed by atoms with van der Waals surface area (Å²) in [4.78, 5) is 50.0. The fourth-order valence-corrected chi connectivity index (χ4v) is 13.0. The summed E-state index contributed by atoms with van der Waals surface area (Å²) in [5.74, 6) is -4.69. The molecule has 0 unspecified atom stereocenters. The molecule has 48 nitrogen and oxygen atoms in total. The van der Waals surface area contributed by atoms with Crippen molar-refractivity contribution in [2.75, 3.05) is 46.2 Å². The maximum Gasteiger partial charge on any atom is 0.449 e. The van der Waals surface area contributed by atoms with Gasteiger partial charge in [-0.1, -0.05) is 0 Å². The third kappa shape index (κ3) is 19.1. The van der Waals surface area contributed by atoms with Crippen molar-refractivity contribution in [2.24, 2.45) is 0 Å². The molecule has 8 rings (SSSR count). The lowest BCUT2D eigenvalue weighted by atomic mass is 9.93. The first kappa shape index (κ1) is 84.9. The van der Waals surface area contributed by atoms with Crippen LogP contribution in [0.15, 0.2) is 0 Å². The summed E-state index contributed by atoms with van der Waals surface area (Å²) in [6.45, 7) is -4.72. The number of ether oxygens (including phenoxy) is 15. The molecule has 0 aliphatic carbocycles. The Bertz CT molecular complexity index is 2870. The molecule has 0 aromatic carbocycles. The van der Waals surface area contributed by atoms with E-state index in [0.29, 0.717) is 0 Å². The number of carbonyl (C=O) groups excluding carboxylic acids is 4. The van der Waals surface area contributed by atoms with Crippen molar-refractivity contribution in [3.63, 3.8) is 0 Å². The first-order valence-electron chi connectivity index (χ1n) is 31.8. The molecular formula is C54H89N3O45S. The lowest BCUT2D eigenvalue weighted by Gasteiger charge is -2.51. The summed E-state index contributed by atoms with van der Waals surface area (Å²) in [6, 6.07) is -5.40. The van der Waals surface area contributed by atoms with Gasteiger partial charge < -0.3 is 204 Å². The molecule has 103 heavy (non-hydrogen) atoms. The van der Waals surface area contributed by atoms with Crippen molar-refractivity contribution in [3.8, 4) is 0 Å². The molecule has 0 aromatic heterocycles. The summed E-state index contributed by atoms with van der Waals surface area (Å²) in [7, 11) is -5.57. The molecule has 40 atom stereocenters. The van der Waals surface area contributed by atoms with E-state index in [1.807, 2.05) is 0 Å². The molecule has 0 aromatic rings. The van der Waals surface area contributed by atoms with Gasteiger partial charge >= 0.3 is 16.4 Å². The molecule has 8 fully saturated rings. The van der Waals surface area contributed by atoms with E-state index < -0.39 is 326 Å². The number of rotatable bonds is 26. The average molecular weight is 1530 g/mol. The van der Waals surface area contributed by atoms with E-state index in [1.54, 1.807) is 0 Å². The minimum Gasteiger partial charge on any atom is -0.394 e. The van der Waals surface area contributed by atoms with E-state index in [9.17, 15) is 140 Å². The average Bonchev–Trinajstić information content (AvgIpc) is 0.776. The minimum atomic E-state index is -5.57. The van der Waals surface area contributed by atoms with Crippen LogP contribution < -0.4 is 16.0 Å². The molecule has 8 aliphatic heterocycles. The molecule has 0 radical (unpaired) electrons. The molecular weight excluding hydrogens is 1440 g/mol. The number of hydrogen-bond donors (Lipinski definition) is 26. The lowest BCUT2D eigenvalue weighted by molar-refractivity contribution is -0.393. The van der Waals surface area contributed by atoms with Crippen LogP contribution in [0, 0.1) is 0 Å². The highest BCUT2D eigenvalue weighted by molar-refractivity contribution is 7.81. The van der Waals surface area contributed by atoms with Crippen LogP contribution in [0.25, 0.3) is 0 Å². The van der Waals surface area contributed by atoms with Crippen LogP contribution in [-0.4, -0.2) is 441 Å². The maximum absolute atomic E-state index is 12.8. The Balaban J connectivity index is 1.01. The molecule has 596 valence electrons. The van der Waals surface area contributed by atoms with Gasteiger partial charge in [-0.2, -0.15) is 8.42 Å². The number of hydrogen-bond acceptors (Lipinski definition) is 44. The first-order valence-corrected chi connectivity index (χ1v) is 33.2. The van der Waals surface area contributed by atoms with E-state index in [-0.39, 0.29) is 0 Å². The molecule has 8 heterocycles.